The molecule has 1 atom stereocenters. The third-order valence-electron chi connectivity index (χ3n) is 4.13. The molecule has 3 aromatic rings. The van der Waals surface area contributed by atoms with Gasteiger partial charge < -0.3 is 10.4 Å². The van der Waals surface area contributed by atoms with Gasteiger partial charge in [0.15, 0.2) is 0 Å². The smallest absolute Gasteiger partial charge is 0.244 e. The second-order valence-electron chi connectivity index (χ2n) is 5.91. The molecule has 0 bridgehead atoms. The molecule has 0 aliphatic heterocycles. The van der Waals surface area contributed by atoms with Crippen LogP contribution in [0, 0.1) is 0 Å². The van der Waals surface area contributed by atoms with E-state index in [0.717, 1.165) is 21.9 Å². The molecule has 1 amide bonds. The minimum atomic E-state index is -0.607. The molecular weight excluding hydrogens is 310 g/mol. The van der Waals surface area contributed by atoms with Crippen molar-refractivity contribution in [1.29, 1.82) is 0 Å². The van der Waals surface area contributed by atoms with E-state index in [0.29, 0.717) is 13.0 Å². The average Bonchev–Trinajstić information content (AvgIpc) is 2.66. The molecule has 25 heavy (non-hydrogen) atoms. The predicted molar refractivity (Wildman–Crippen MR) is 102 cm³/mol. The molecule has 2 N–H and O–H groups in total. The summed E-state index contributed by atoms with van der Waals surface area (Å²) in [6, 6.07) is 23.6. The Kier molecular flexibility index (Phi) is 5.60. The number of rotatable bonds is 6. The van der Waals surface area contributed by atoms with Gasteiger partial charge in [-0.25, -0.2) is 0 Å². The highest BCUT2D eigenvalue weighted by molar-refractivity contribution is 5.91. The SMILES string of the molecule is O=C(C=Cc1ccccc1)NCCC(O)c1cccc2ccccc12. The third kappa shape index (κ3) is 4.55. The lowest BCUT2D eigenvalue weighted by molar-refractivity contribution is -0.116. The molecule has 3 nitrogen and oxygen atoms in total. The van der Waals surface area contributed by atoms with E-state index in [-0.39, 0.29) is 5.91 Å². The Hall–Kier alpha value is -2.91. The molecular formula is C22H21NO2. The standard InChI is InChI=1S/C22H21NO2/c24-21(20-12-6-10-18-9-4-5-11-19(18)20)15-16-23-22(25)14-13-17-7-2-1-3-8-17/h1-14,21,24H,15-16H2,(H,23,25). The van der Waals surface area contributed by atoms with Crippen molar-refractivity contribution in [2.45, 2.75) is 12.5 Å². The van der Waals surface area contributed by atoms with Gasteiger partial charge in [0.25, 0.3) is 0 Å². The molecule has 0 aliphatic carbocycles. The average molecular weight is 331 g/mol. The van der Waals surface area contributed by atoms with Crippen LogP contribution in [0.5, 0.6) is 0 Å². The molecule has 1 unspecified atom stereocenters. The van der Waals surface area contributed by atoms with Crippen LogP contribution in [0.3, 0.4) is 0 Å². The Morgan fingerprint density at radius 3 is 2.52 bits per heavy atom. The minimum Gasteiger partial charge on any atom is -0.388 e. The summed E-state index contributed by atoms with van der Waals surface area (Å²) < 4.78 is 0. The van der Waals surface area contributed by atoms with Crippen molar-refractivity contribution in [3.05, 3.63) is 90.0 Å². The van der Waals surface area contributed by atoms with Gasteiger partial charge in [0, 0.05) is 12.6 Å². The van der Waals surface area contributed by atoms with Crippen molar-refractivity contribution in [3.8, 4) is 0 Å². The number of aliphatic hydroxyl groups is 1. The quantitative estimate of drug-likeness (QED) is 0.668. The summed E-state index contributed by atoms with van der Waals surface area (Å²) in [5, 5.41) is 15.4. The van der Waals surface area contributed by atoms with E-state index >= 15 is 0 Å². The molecule has 0 fully saturated rings. The summed E-state index contributed by atoms with van der Waals surface area (Å²) in [6.07, 6.45) is 3.15. The van der Waals surface area contributed by atoms with Crippen LogP contribution >= 0.6 is 0 Å². The topological polar surface area (TPSA) is 49.3 Å². The molecule has 126 valence electrons. The van der Waals surface area contributed by atoms with Crippen molar-refractivity contribution < 1.29 is 9.90 Å². The lowest BCUT2D eigenvalue weighted by Gasteiger charge is -2.14. The first-order chi connectivity index (χ1) is 12.2. The summed E-state index contributed by atoms with van der Waals surface area (Å²) in [4.78, 5) is 11.9. The number of hydrogen-bond acceptors (Lipinski definition) is 2. The maximum Gasteiger partial charge on any atom is 0.244 e. The maximum absolute atomic E-state index is 11.9. The monoisotopic (exact) mass is 331 g/mol. The van der Waals surface area contributed by atoms with Crippen LogP contribution in [-0.4, -0.2) is 17.6 Å². The van der Waals surface area contributed by atoms with E-state index in [4.69, 9.17) is 0 Å². The number of amides is 1. The maximum atomic E-state index is 11.9. The van der Waals surface area contributed by atoms with E-state index in [1.165, 1.54) is 6.08 Å². The number of carbonyl (C=O) groups excluding carboxylic acids is 1. The van der Waals surface area contributed by atoms with Crippen molar-refractivity contribution >= 4 is 22.8 Å². The second-order valence-corrected chi connectivity index (χ2v) is 5.91. The zero-order valence-corrected chi connectivity index (χ0v) is 13.9. The Labute approximate surface area is 147 Å². The molecule has 3 aromatic carbocycles. The number of carbonyl (C=O) groups is 1. The first kappa shape index (κ1) is 16.9. The number of aliphatic hydroxyl groups excluding tert-OH is 1. The number of fused-ring (bicyclic) bond motifs is 1. The molecule has 0 spiro atoms. The van der Waals surface area contributed by atoms with E-state index in [1.807, 2.05) is 72.8 Å². The fraction of sp³-hybridized carbons (Fsp3) is 0.136. The van der Waals surface area contributed by atoms with Gasteiger partial charge in [-0.05, 0) is 34.4 Å². The van der Waals surface area contributed by atoms with Crippen LogP contribution in [0.1, 0.15) is 23.7 Å². The summed E-state index contributed by atoms with van der Waals surface area (Å²) in [6.45, 7) is 0.419. The lowest BCUT2D eigenvalue weighted by atomic mass is 9.99. The summed E-state index contributed by atoms with van der Waals surface area (Å²) in [5.74, 6) is -0.158. The predicted octanol–water partition coefficient (Wildman–Crippen LogP) is 4.09. The van der Waals surface area contributed by atoms with Crippen LogP contribution in [-0.2, 0) is 4.79 Å². The highest BCUT2D eigenvalue weighted by atomic mass is 16.3. The van der Waals surface area contributed by atoms with E-state index in [9.17, 15) is 9.90 Å². The Morgan fingerprint density at radius 2 is 1.68 bits per heavy atom. The minimum absolute atomic E-state index is 0.158. The van der Waals surface area contributed by atoms with Gasteiger partial charge in [-0.1, -0.05) is 72.8 Å². The van der Waals surface area contributed by atoms with Crippen molar-refractivity contribution in [2.24, 2.45) is 0 Å². The van der Waals surface area contributed by atoms with E-state index < -0.39 is 6.10 Å². The molecule has 0 radical (unpaired) electrons. The fourth-order valence-corrected chi connectivity index (χ4v) is 2.82. The van der Waals surface area contributed by atoms with E-state index in [2.05, 4.69) is 5.32 Å². The molecule has 3 rings (SSSR count). The molecule has 0 saturated carbocycles. The lowest BCUT2D eigenvalue weighted by Crippen LogP contribution is -2.23. The summed E-state index contributed by atoms with van der Waals surface area (Å²) in [5.41, 5.74) is 1.88. The Morgan fingerprint density at radius 1 is 0.960 bits per heavy atom. The first-order valence-corrected chi connectivity index (χ1v) is 8.41. The molecule has 0 saturated heterocycles. The van der Waals surface area contributed by atoms with Crippen molar-refractivity contribution in [3.63, 3.8) is 0 Å². The van der Waals surface area contributed by atoms with Crippen LogP contribution in [0.2, 0.25) is 0 Å². The molecule has 0 aliphatic rings. The van der Waals surface area contributed by atoms with Crippen molar-refractivity contribution in [2.75, 3.05) is 6.54 Å². The number of benzene rings is 3. The summed E-state index contributed by atoms with van der Waals surface area (Å²) >= 11 is 0. The van der Waals surface area contributed by atoms with Crippen LogP contribution < -0.4 is 5.32 Å². The largest absolute Gasteiger partial charge is 0.388 e. The summed E-state index contributed by atoms with van der Waals surface area (Å²) in [7, 11) is 0. The zero-order valence-electron chi connectivity index (χ0n) is 13.9. The molecule has 0 aromatic heterocycles. The van der Waals surface area contributed by atoms with Crippen LogP contribution in [0.4, 0.5) is 0 Å². The molecule has 3 heteroatoms. The van der Waals surface area contributed by atoms with Crippen LogP contribution in [0.15, 0.2) is 78.9 Å². The van der Waals surface area contributed by atoms with Gasteiger partial charge in [-0.3, -0.25) is 4.79 Å². The van der Waals surface area contributed by atoms with Gasteiger partial charge in [0.2, 0.25) is 5.91 Å². The van der Waals surface area contributed by atoms with Gasteiger partial charge in [0.1, 0.15) is 0 Å². The van der Waals surface area contributed by atoms with Crippen molar-refractivity contribution in [1.82, 2.24) is 5.32 Å². The fourth-order valence-electron chi connectivity index (χ4n) is 2.82. The Bertz CT molecular complexity index is 866. The Balaban J connectivity index is 1.54. The highest BCUT2D eigenvalue weighted by Crippen LogP contribution is 2.25. The number of nitrogens with one attached hydrogen (secondary N) is 1. The number of hydrogen-bond donors (Lipinski definition) is 2. The van der Waals surface area contributed by atoms with Gasteiger partial charge in [-0.15, -0.1) is 0 Å². The van der Waals surface area contributed by atoms with Gasteiger partial charge >= 0.3 is 0 Å². The molecule has 0 heterocycles. The second kappa shape index (κ2) is 8.27. The van der Waals surface area contributed by atoms with E-state index in [1.54, 1.807) is 6.08 Å². The van der Waals surface area contributed by atoms with Gasteiger partial charge in [-0.2, -0.15) is 0 Å². The normalized spacial score (nSPS) is 12.4. The van der Waals surface area contributed by atoms with Crippen LogP contribution in [0.25, 0.3) is 16.8 Å². The highest BCUT2D eigenvalue weighted by Gasteiger charge is 2.11. The zero-order chi connectivity index (χ0) is 17.5. The first-order valence-electron chi connectivity index (χ1n) is 8.41. The third-order valence-corrected chi connectivity index (χ3v) is 4.13. The van der Waals surface area contributed by atoms with Gasteiger partial charge in [0.05, 0.1) is 6.10 Å².